The van der Waals surface area contributed by atoms with Gasteiger partial charge < -0.3 is 14.8 Å². The highest BCUT2D eigenvalue weighted by atomic mass is 19.1. The third-order valence-electron chi connectivity index (χ3n) is 5.35. The largest absolute Gasteiger partial charge is 0.340 e. The minimum Gasteiger partial charge on any atom is -0.340 e. The zero-order chi connectivity index (χ0) is 20.4. The SMILES string of the molecule is CN(Cc1nc2ccccc2[nH]1)C(=O)C1CCCN(C(=O)c2ccc(F)cc2)C1. The molecule has 0 bridgehead atoms. The van der Waals surface area contributed by atoms with Gasteiger partial charge in [0.1, 0.15) is 11.6 Å². The van der Waals surface area contributed by atoms with Crippen LogP contribution in [0.2, 0.25) is 0 Å². The third-order valence-corrected chi connectivity index (χ3v) is 5.35. The van der Waals surface area contributed by atoms with Crippen molar-refractivity contribution in [1.29, 1.82) is 0 Å². The predicted octanol–water partition coefficient (Wildman–Crippen LogP) is 3.21. The second-order valence-corrected chi connectivity index (χ2v) is 7.49. The Morgan fingerprint density at radius 1 is 1.21 bits per heavy atom. The van der Waals surface area contributed by atoms with Crippen LogP contribution < -0.4 is 0 Å². The van der Waals surface area contributed by atoms with Crippen LogP contribution in [0.1, 0.15) is 29.0 Å². The van der Waals surface area contributed by atoms with Crippen LogP contribution in [0.25, 0.3) is 11.0 Å². The fourth-order valence-corrected chi connectivity index (χ4v) is 3.83. The Labute approximate surface area is 168 Å². The summed E-state index contributed by atoms with van der Waals surface area (Å²) in [5.41, 5.74) is 2.25. The number of para-hydroxylation sites is 2. The number of imidazole rings is 1. The molecule has 2 heterocycles. The van der Waals surface area contributed by atoms with Crippen LogP contribution in [0.4, 0.5) is 4.39 Å². The van der Waals surface area contributed by atoms with E-state index in [0.29, 0.717) is 25.2 Å². The van der Waals surface area contributed by atoms with Crippen molar-refractivity contribution in [1.82, 2.24) is 19.8 Å². The van der Waals surface area contributed by atoms with Crippen LogP contribution in [0.5, 0.6) is 0 Å². The average Bonchev–Trinajstić information content (AvgIpc) is 3.15. The molecule has 0 spiro atoms. The number of piperidine rings is 1. The van der Waals surface area contributed by atoms with Gasteiger partial charge in [0.15, 0.2) is 0 Å². The van der Waals surface area contributed by atoms with Crippen LogP contribution in [0.15, 0.2) is 48.5 Å². The molecule has 1 unspecified atom stereocenters. The van der Waals surface area contributed by atoms with Crippen molar-refractivity contribution < 1.29 is 14.0 Å². The summed E-state index contributed by atoms with van der Waals surface area (Å²) in [6.45, 7) is 1.36. The maximum atomic E-state index is 13.1. The zero-order valence-electron chi connectivity index (χ0n) is 16.3. The van der Waals surface area contributed by atoms with Gasteiger partial charge in [0.05, 0.1) is 23.5 Å². The molecule has 3 aromatic rings. The quantitative estimate of drug-likeness (QED) is 0.739. The molecule has 1 saturated heterocycles. The summed E-state index contributed by atoms with van der Waals surface area (Å²) in [4.78, 5) is 36.8. The molecule has 1 aliphatic rings. The Morgan fingerprint density at radius 3 is 2.72 bits per heavy atom. The molecule has 1 aliphatic heterocycles. The van der Waals surface area contributed by atoms with Crippen molar-refractivity contribution in [3.63, 3.8) is 0 Å². The molecule has 4 rings (SSSR count). The molecule has 0 radical (unpaired) electrons. The molecule has 1 fully saturated rings. The zero-order valence-corrected chi connectivity index (χ0v) is 16.3. The van der Waals surface area contributed by atoms with Gasteiger partial charge in [-0.05, 0) is 49.2 Å². The molecule has 1 N–H and O–H groups in total. The lowest BCUT2D eigenvalue weighted by atomic mass is 9.96. The van der Waals surface area contributed by atoms with E-state index in [1.165, 1.54) is 24.3 Å². The molecule has 0 aliphatic carbocycles. The van der Waals surface area contributed by atoms with Crippen LogP contribution >= 0.6 is 0 Å². The van der Waals surface area contributed by atoms with E-state index < -0.39 is 0 Å². The van der Waals surface area contributed by atoms with Gasteiger partial charge in [0, 0.05) is 25.7 Å². The smallest absolute Gasteiger partial charge is 0.253 e. The Bertz CT molecular complexity index is 998. The van der Waals surface area contributed by atoms with Gasteiger partial charge in [-0.25, -0.2) is 9.37 Å². The van der Waals surface area contributed by atoms with Crippen molar-refractivity contribution in [3.8, 4) is 0 Å². The summed E-state index contributed by atoms with van der Waals surface area (Å²) in [6, 6.07) is 13.3. The van der Waals surface area contributed by atoms with Crippen molar-refractivity contribution in [2.45, 2.75) is 19.4 Å². The van der Waals surface area contributed by atoms with Crippen LogP contribution in [-0.4, -0.2) is 51.7 Å². The maximum Gasteiger partial charge on any atom is 0.253 e. The van der Waals surface area contributed by atoms with Crippen LogP contribution in [-0.2, 0) is 11.3 Å². The van der Waals surface area contributed by atoms with E-state index in [-0.39, 0.29) is 23.5 Å². The molecule has 7 heteroatoms. The van der Waals surface area contributed by atoms with Crippen molar-refractivity contribution >= 4 is 22.8 Å². The number of rotatable bonds is 4. The number of likely N-dealkylation sites (tertiary alicyclic amines) is 1. The van der Waals surface area contributed by atoms with Gasteiger partial charge >= 0.3 is 0 Å². The first-order valence-electron chi connectivity index (χ1n) is 9.74. The number of carbonyl (C=O) groups is 2. The van der Waals surface area contributed by atoms with E-state index in [2.05, 4.69) is 9.97 Å². The third kappa shape index (κ3) is 4.13. The molecule has 2 amide bonds. The van der Waals surface area contributed by atoms with Crippen molar-refractivity contribution in [2.24, 2.45) is 5.92 Å². The fourth-order valence-electron chi connectivity index (χ4n) is 3.83. The molecular formula is C22H23FN4O2. The second kappa shape index (κ2) is 8.03. The molecule has 0 saturated carbocycles. The number of carbonyl (C=O) groups excluding carboxylic acids is 2. The Kier molecular flexibility index (Phi) is 5.29. The number of hydrogen-bond acceptors (Lipinski definition) is 3. The summed E-state index contributed by atoms with van der Waals surface area (Å²) in [5, 5.41) is 0. The Morgan fingerprint density at radius 2 is 1.97 bits per heavy atom. The normalized spacial score (nSPS) is 16.8. The van der Waals surface area contributed by atoms with E-state index in [0.717, 1.165) is 29.7 Å². The lowest BCUT2D eigenvalue weighted by Crippen LogP contribution is -2.45. The van der Waals surface area contributed by atoms with E-state index >= 15 is 0 Å². The summed E-state index contributed by atoms with van der Waals surface area (Å²) in [7, 11) is 1.76. The fraction of sp³-hybridized carbons (Fsp3) is 0.318. The topological polar surface area (TPSA) is 69.3 Å². The summed E-state index contributed by atoms with van der Waals surface area (Å²) in [5.74, 6) is -0.0513. The molecule has 2 aromatic carbocycles. The minimum absolute atomic E-state index is 0.00191. The standard InChI is InChI=1S/C22H23FN4O2/c1-26(14-20-24-18-6-2-3-7-19(18)25-20)21(28)16-5-4-12-27(13-16)22(29)15-8-10-17(23)11-9-15/h2-3,6-11,16H,4-5,12-14H2,1H3,(H,24,25). The first-order chi connectivity index (χ1) is 14.0. The number of hydrogen-bond donors (Lipinski definition) is 1. The average molecular weight is 394 g/mol. The first-order valence-corrected chi connectivity index (χ1v) is 9.74. The second-order valence-electron chi connectivity index (χ2n) is 7.49. The first kappa shape index (κ1) is 19.1. The van der Waals surface area contributed by atoms with Crippen molar-refractivity contribution in [3.05, 3.63) is 65.7 Å². The highest BCUT2D eigenvalue weighted by molar-refractivity contribution is 5.94. The Balaban J connectivity index is 1.41. The molecule has 1 aromatic heterocycles. The van der Waals surface area contributed by atoms with E-state index in [1.54, 1.807) is 16.8 Å². The van der Waals surface area contributed by atoms with Gasteiger partial charge in [-0.3, -0.25) is 9.59 Å². The predicted molar refractivity (Wildman–Crippen MR) is 108 cm³/mol. The lowest BCUT2D eigenvalue weighted by molar-refractivity contribution is -0.136. The van der Waals surface area contributed by atoms with Crippen molar-refractivity contribution in [2.75, 3.05) is 20.1 Å². The molecule has 29 heavy (non-hydrogen) atoms. The van der Waals surface area contributed by atoms with Gasteiger partial charge in [0.25, 0.3) is 5.91 Å². The number of nitrogens with one attached hydrogen (secondary N) is 1. The van der Waals surface area contributed by atoms with Crippen LogP contribution in [0.3, 0.4) is 0 Å². The van der Waals surface area contributed by atoms with Gasteiger partial charge in [-0.2, -0.15) is 0 Å². The van der Waals surface area contributed by atoms with Crippen LogP contribution in [0, 0.1) is 11.7 Å². The number of aromatic nitrogens is 2. The van der Waals surface area contributed by atoms with Gasteiger partial charge in [-0.1, -0.05) is 12.1 Å². The number of nitrogens with zero attached hydrogens (tertiary/aromatic N) is 3. The van der Waals surface area contributed by atoms with Gasteiger partial charge in [0.2, 0.25) is 5.91 Å². The summed E-state index contributed by atoms with van der Waals surface area (Å²) < 4.78 is 13.1. The number of aromatic amines is 1. The van der Waals surface area contributed by atoms with E-state index in [4.69, 9.17) is 0 Å². The highest BCUT2D eigenvalue weighted by Gasteiger charge is 2.30. The van der Waals surface area contributed by atoms with E-state index in [1.807, 2.05) is 24.3 Å². The maximum absolute atomic E-state index is 13.1. The number of halogens is 1. The number of amides is 2. The molecular weight excluding hydrogens is 371 g/mol. The number of benzene rings is 2. The Hall–Kier alpha value is -3.22. The highest BCUT2D eigenvalue weighted by Crippen LogP contribution is 2.21. The van der Waals surface area contributed by atoms with Gasteiger partial charge in [-0.15, -0.1) is 0 Å². The summed E-state index contributed by atoms with van der Waals surface area (Å²) in [6.07, 6.45) is 1.51. The monoisotopic (exact) mass is 394 g/mol. The minimum atomic E-state index is -0.375. The number of H-pyrrole nitrogens is 1. The lowest BCUT2D eigenvalue weighted by Gasteiger charge is -2.34. The molecule has 1 atom stereocenters. The molecule has 6 nitrogen and oxygen atoms in total. The number of fused-ring (bicyclic) bond motifs is 1. The van der Waals surface area contributed by atoms with E-state index in [9.17, 15) is 14.0 Å². The summed E-state index contributed by atoms with van der Waals surface area (Å²) >= 11 is 0. The molecule has 150 valence electrons.